The summed E-state index contributed by atoms with van der Waals surface area (Å²) in [5.41, 5.74) is 1.35. The standard InChI is InChI=1S/C15H11F3N2O/c16-14(17)15(18)21-12-7-6-10(9-19)13(8-12)20-11-4-2-1-3-5-11/h1-8,14-15,20H. The Morgan fingerprint density at radius 3 is 2.38 bits per heavy atom. The second-order valence-electron chi connectivity index (χ2n) is 4.11. The van der Waals surface area contributed by atoms with Gasteiger partial charge in [0.15, 0.2) is 0 Å². The van der Waals surface area contributed by atoms with Crippen molar-refractivity contribution in [3.8, 4) is 11.8 Å². The van der Waals surface area contributed by atoms with Gasteiger partial charge < -0.3 is 10.1 Å². The van der Waals surface area contributed by atoms with E-state index in [-0.39, 0.29) is 5.75 Å². The first-order valence-electron chi connectivity index (χ1n) is 6.05. The normalized spacial score (nSPS) is 11.8. The summed E-state index contributed by atoms with van der Waals surface area (Å²) in [6.07, 6.45) is -5.94. The smallest absolute Gasteiger partial charge is 0.304 e. The average Bonchev–Trinajstić information content (AvgIpc) is 2.48. The van der Waals surface area contributed by atoms with Crippen LogP contribution in [0.3, 0.4) is 0 Å². The van der Waals surface area contributed by atoms with Gasteiger partial charge in [-0.25, -0.2) is 8.78 Å². The zero-order valence-electron chi connectivity index (χ0n) is 10.8. The summed E-state index contributed by atoms with van der Waals surface area (Å²) in [5, 5.41) is 12.0. The first-order valence-corrected chi connectivity index (χ1v) is 6.05. The van der Waals surface area contributed by atoms with Crippen molar-refractivity contribution < 1.29 is 17.9 Å². The summed E-state index contributed by atoms with van der Waals surface area (Å²) < 4.78 is 41.7. The van der Waals surface area contributed by atoms with E-state index in [9.17, 15) is 13.2 Å². The zero-order valence-corrected chi connectivity index (χ0v) is 10.8. The van der Waals surface area contributed by atoms with Gasteiger partial charge in [0.2, 0.25) is 0 Å². The fourth-order valence-corrected chi connectivity index (χ4v) is 1.66. The van der Waals surface area contributed by atoms with E-state index in [1.54, 1.807) is 24.3 Å². The molecule has 1 N–H and O–H groups in total. The zero-order chi connectivity index (χ0) is 15.2. The van der Waals surface area contributed by atoms with E-state index in [2.05, 4.69) is 10.1 Å². The number of alkyl halides is 3. The Labute approximate surface area is 119 Å². The van der Waals surface area contributed by atoms with Gasteiger partial charge in [0.05, 0.1) is 11.3 Å². The van der Waals surface area contributed by atoms with E-state index in [0.717, 1.165) is 0 Å². The highest BCUT2D eigenvalue weighted by atomic mass is 19.3. The van der Waals surface area contributed by atoms with Crippen LogP contribution in [-0.2, 0) is 0 Å². The van der Waals surface area contributed by atoms with E-state index in [1.165, 1.54) is 18.2 Å². The Bertz CT molecular complexity index is 641. The minimum absolute atomic E-state index is 0.0831. The number of nitrogens with zero attached hydrogens (tertiary/aromatic N) is 1. The minimum atomic E-state index is -3.23. The van der Waals surface area contributed by atoms with Crippen LogP contribution < -0.4 is 10.1 Å². The molecule has 0 fully saturated rings. The molecule has 0 aromatic heterocycles. The Morgan fingerprint density at radius 1 is 1.05 bits per heavy atom. The fourth-order valence-electron chi connectivity index (χ4n) is 1.66. The molecule has 1 unspecified atom stereocenters. The molecule has 2 rings (SSSR count). The van der Waals surface area contributed by atoms with Gasteiger partial charge in [-0.3, -0.25) is 0 Å². The number of anilines is 2. The first-order chi connectivity index (χ1) is 10.1. The number of hydrogen-bond acceptors (Lipinski definition) is 3. The van der Waals surface area contributed by atoms with Crippen molar-refractivity contribution in [1.29, 1.82) is 5.26 Å². The van der Waals surface area contributed by atoms with Gasteiger partial charge in [-0.2, -0.15) is 9.65 Å². The molecule has 0 spiro atoms. The molecule has 0 bridgehead atoms. The lowest BCUT2D eigenvalue weighted by atomic mass is 10.1. The van der Waals surface area contributed by atoms with Crippen LogP contribution >= 0.6 is 0 Å². The van der Waals surface area contributed by atoms with Crippen LogP contribution in [0.5, 0.6) is 5.75 Å². The Kier molecular flexibility index (Phi) is 4.67. The highest BCUT2D eigenvalue weighted by molar-refractivity contribution is 5.68. The summed E-state index contributed by atoms with van der Waals surface area (Å²) in [6, 6.07) is 14.9. The Hall–Kier alpha value is -2.68. The number of benzene rings is 2. The molecule has 2 aromatic carbocycles. The quantitative estimate of drug-likeness (QED) is 0.896. The maximum atomic E-state index is 12.9. The van der Waals surface area contributed by atoms with Crippen molar-refractivity contribution in [2.75, 3.05) is 5.32 Å². The molecule has 21 heavy (non-hydrogen) atoms. The third-order valence-electron chi connectivity index (χ3n) is 2.61. The van der Waals surface area contributed by atoms with Gasteiger partial charge in [-0.1, -0.05) is 18.2 Å². The number of para-hydroxylation sites is 1. The summed E-state index contributed by atoms with van der Waals surface area (Å²) in [4.78, 5) is 0. The van der Waals surface area contributed by atoms with Crippen molar-refractivity contribution in [1.82, 2.24) is 0 Å². The van der Waals surface area contributed by atoms with Crippen LogP contribution in [0.2, 0.25) is 0 Å². The molecular formula is C15H11F3N2O. The molecule has 0 saturated carbocycles. The van der Waals surface area contributed by atoms with Crippen LogP contribution in [-0.4, -0.2) is 12.8 Å². The van der Waals surface area contributed by atoms with Crippen molar-refractivity contribution >= 4 is 11.4 Å². The first kappa shape index (κ1) is 14.7. The van der Waals surface area contributed by atoms with Crippen LogP contribution in [0, 0.1) is 11.3 Å². The maximum Gasteiger partial charge on any atom is 0.304 e. The van der Waals surface area contributed by atoms with Crippen LogP contribution in [0.15, 0.2) is 48.5 Å². The summed E-state index contributed by atoms with van der Waals surface area (Å²) in [7, 11) is 0. The third-order valence-corrected chi connectivity index (χ3v) is 2.61. The second kappa shape index (κ2) is 6.66. The lowest BCUT2D eigenvalue weighted by Crippen LogP contribution is -2.19. The van der Waals surface area contributed by atoms with E-state index in [1.807, 2.05) is 12.1 Å². The molecule has 0 aliphatic heterocycles. The molecule has 2 aromatic rings. The molecule has 0 radical (unpaired) electrons. The third kappa shape index (κ3) is 3.89. The van der Waals surface area contributed by atoms with Gasteiger partial charge in [0.25, 0.3) is 6.36 Å². The lowest BCUT2D eigenvalue weighted by molar-refractivity contribution is -0.0668. The van der Waals surface area contributed by atoms with Crippen molar-refractivity contribution in [3.63, 3.8) is 0 Å². The van der Waals surface area contributed by atoms with Crippen LogP contribution in [0.1, 0.15) is 5.56 Å². The van der Waals surface area contributed by atoms with Gasteiger partial charge in [-0.05, 0) is 24.3 Å². The maximum absolute atomic E-state index is 12.9. The molecule has 0 amide bonds. The largest absolute Gasteiger partial charge is 0.454 e. The predicted molar refractivity (Wildman–Crippen MR) is 72.4 cm³/mol. The predicted octanol–water partition coefficient (Wildman–Crippen LogP) is 4.24. The molecule has 108 valence electrons. The summed E-state index contributed by atoms with van der Waals surface area (Å²) in [5.74, 6) is -0.0831. The van der Waals surface area contributed by atoms with Crippen molar-refractivity contribution in [3.05, 3.63) is 54.1 Å². The molecule has 6 heteroatoms. The van der Waals surface area contributed by atoms with Crippen LogP contribution in [0.25, 0.3) is 0 Å². The molecule has 1 atom stereocenters. The van der Waals surface area contributed by atoms with E-state index in [0.29, 0.717) is 16.9 Å². The van der Waals surface area contributed by atoms with E-state index >= 15 is 0 Å². The molecule has 0 aliphatic carbocycles. The van der Waals surface area contributed by atoms with Gasteiger partial charge in [-0.15, -0.1) is 0 Å². The van der Waals surface area contributed by atoms with Gasteiger partial charge in [0, 0.05) is 11.8 Å². The molecule has 0 aliphatic rings. The lowest BCUT2D eigenvalue weighted by Gasteiger charge is -2.13. The number of nitrogens with one attached hydrogen (secondary N) is 1. The fraction of sp³-hybridized carbons (Fsp3) is 0.133. The molecule has 3 nitrogen and oxygen atoms in total. The Balaban J connectivity index is 2.24. The minimum Gasteiger partial charge on any atom is -0.454 e. The summed E-state index contributed by atoms with van der Waals surface area (Å²) >= 11 is 0. The molecule has 0 saturated heterocycles. The number of halogens is 3. The topological polar surface area (TPSA) is 45.0 Å². The average molecular weight is 292 g/mol. The highest BCUT2D eigenvalue weighted by Gasteiger charge is 2.21. The molecular weight excluding hydrogens is 281 g/mol. The van der Waals surface area contributed by atoms with Crippen molar-refractivity contribution in [2.45, 2.75) is 12.8 Å². The number of rotatable bonds is 5. The van der Waals surface area contributed by atoms with E-state index < -0.39 is 12.8 Å². The SMILES string of the molecule is N#Cc1ccc(OC(F)C(F)F)cc1Nc1ccccc1. The highest BCUT2D eigenvalue weighted by Crippen LogP contribution is 2.27. The molecule has 0 heterocycles. The number of ether oxygens (including phenoxy) is 1. The monoisotopic (exact) mass is 292 g/mol. The van der Waals surface area contributed by atoms with Crippen molar-refractivity contribution in [2.24, 2.45) is 0 Å². The second-order valence-corrected chi connectivity index (χ2v) is 4.11. The number of hydrogen-bond donors (Lipinski definition) is 1. The van der Waals surface area contributed by atoms with E-state index in [4.69, 9.17) is 5.26 Å². The Morgan fingerprint density at radius 2 is 1.76 bits per heavy atom. The van der Waals surface area contributed by atoms with Gasteiger partial charge >= 0.3 is 6.43 Å². The summed E-state index contributed by atoms with van der Waals surface area (Å²) in [6.45, 7) is 0. The van der Waals surface area contributed by atoms with Gasteiger partial charge in [0.1, 0.15) is 11.8 Å². The van der Waals surface area contributed by atoms with Crippen LogP contribution in [0.4, 0.5) is 24.5 Å². The number of nitriles is 1.